The van der Waals surface area contributed by atoms with Crippen molar-refractivity contribution in [3.8, 4) is 0 Å². The molecule has 2 aromatic heterocycles. The van der Waals surface area contributed by atoms with Crippen LogP contribution in [0.2, 0.25) is 5.15 Å². The molecule has 0 saturated carbocycles. The van der Waals surface area contributed by atoms with Crippen molar-refractivity contribution < 1.29 is 28.5 Å². The Balaban J connectivity index is 0.000000285. The third-order valence-electron chi connectivity index (χ3n) is 4.00. The fourth-order valence-electron chi connectivity index (χ4n) is 2.55. The molecule has 31 heavy (non-hydrogen) atoms. The molecule has 1 amide bonds. The predicted octanol–water partition coefficient (Wildman–Crippen LogP) is 3.71. The minimum atomic E-state index is -0.544. The van der Waals surface area contributed by atoms with Crippen molar-refractivity contribution in [2.45, 2.75) is 39.6 Å². The molecule has 3 rings (SSSR count). The Bertz CT molecular complexity index is 964. The molecular formula is C21H24ClF2N3O4. The van der Waals surface area contributed by atoms with Gasteiger partial charge in [0.15, 0.2) is 0 Å². The maximum absolute atomic E-state index is 13.3. The molecule has 168 valence electrons. The van der Waals surface area contributed by atoms with E-state index in [-0.39, 0.29) is 16.5 Å². The van der Waals surface area contributed by atoms with E-state index in [4.69, 9.17) is 26.6 Å². The first kappa shape index (κ1) is 24.6. The SMILES string of the molecule is CC(C)(C)OC(=O)N1CC=C(c2ccc(F)c(CO)n2)C1.OCc1nc(Cl)ccc1F. The maximum atomic E-state index is 13.3. The molecule has 0 aliphatic carbocycles. The van der Waals surface area contributed by atoms with E-state index in [1.165, 1.54) is 18.2 Å². The fraction of sp³-hybridized carbons (Fsp3) is 0.381. The zero-order valence-corrected chi connectivity index (χ0v) is 18.2. The van der Waals surface area contributed by atoms with Crippen molar-refractivity contribution in [3.05, 3.63) is 64.2 Å². The third kappa shape index (κ3) is 7.23. The number of aliphatic hydroxyl groups excluding tert-OH is 2. The van der Waals surface area contributed by atoms with Crippen LogP contribution in [-0.4, -0.2) is 49.9 Å². The molecule has 3 heterocycles. The molecule has 1 aliphatic rings. The van der Waals surface area contributed by atoms with E-state index in [1.54, 1.807) is 11.0 Å². The lowest BCUT2D eigenvalue weighted by Gasteiger charge is -2.24. The molecule has 0 saturated heterocycles. The number of ether oxygens (including phenoxy) is 1. The first-order valence-corrected chi connectivity index (χ1v) is 9.77. The van der Waals surface area contributed by atoms with Crippen LogP contribution in [0, 0.1) is 11.6 Å². The second kappa shape index (κ2) is 10.6. The molecule has 2 aromatic rings. The number of hydrogen-bond donors (Lipinski definition) is 2. The number of amides is 1. The summed E-state index contributed by atoms with van der Waals surface area (Å²) in [6.07, 6.45) is 1.46. The van der Waals surface area contributed by atoms with Crippen molar-refractivity contribution in [1.29, 1.82) is 0 Å². The van der Waals surface area contributed by atoms with Gasteiger partial charge in [-0.05, 0) is 50.6 Å². The van der Waals surface area contributed by atoms with Crippen molar-refractivity contribution in [3.63, 3.8) is 0 Å². The van der Waals surface area contributed by atoms with Gasteiger partial charge in [-0.3, -0.25) is 0 Å². The summed E-state index contributed by atoms with van der Waals surface area (Å²) in [6, 6.07) is 5.31. The number of rotatable bonds is 3. The summed E-state index contributed by atoms with van der Waals surface area (Å²) in [6.45, 7) is 5.34. The maximum Gasteiger partial charge on any atom is 0.410 e. The van der Waals surface area contributed by atoms with Crippen LogP contribution in [0.4, 0.5) is 13.6 Å². The zero-order valence-electron chi connectivity index (χ0n) is 17.4. The van der Waals surface area contributed by atoms with Crippen molar-refractivity contribution in [2.24, 2.45) is 0 Å². The average molecular weight is 456 g/mol. The molecule has 0 atom stereocenters. The minimum Gasteiger partial charge on any atom is -0.444 e. The van der Waals surface area contributed by atoms with Gasteiger partial charge in [0.05, 0.1) is 25.5 Å². The number of aliphatic hydroxyl groups is 2. The minimum absolute atomic E-state index is 0.00381. The highest BCUT2D eigenvalue weighted by Gasteiger charge is 2.26. The van der Waals surface area contributed by atoms with Gasteiger partial charge in [-0.1, -0.05) is 17.7 Å². The molecule has 0 aromatic carbocycles. The highest BCUT2D eigenvalue weighted by atomic mass is 35.5. The number of hydrogen-bond acceptors (Lipinski definition) is 6. The highest BCUT2D eigenvalue weighted by Crippen LogP contribution is 2.22. The van der Waals surface area contributed by atoms with E-state index in [1.807, 2.05) is 26.8 Å². The zero-order chi connectivity index (χ0) is 23.2. The molecule has 0 radical (unpaired) electrons. The van der Waals surface area contributed by atoms with E-state index in [9.17, 15) is 13.6 Å². The molecule has 0 unspecified atom stereocenters. The molecular weight excluding hydrogens is 432 g/mol. The van der Waals surface area contributed by atoms with Gasteiger partial charge in [-0.15, -0.1) is 0 Å². The topological polar surface area (TPSA) is 95.8 Å². The monoisotopic (exact) mass is 455 g/mol. The van der Waals surface area contributed by atoms with Gasteiger partial charge >= 0.3 is 6.09 Å². The Kier molecular flexibility index (Phi) is 8.43. The van der Waals surface area contributed by atoms with Gasteiger partial charge in [0, 0.05) is 6.54 Å². The second-order valence-electron chi connectivity index (χ2n) is 7.59. The third-order valence-corrected chi connectivity index (χ3v) is 4.21. The van der Waals surface area contributed by atoms with Crippen LogP contribution in [-0.2, 0) is 18.0 Å². The van der Waals surface area contributed by atoms with Gasteiger partial charge in [-0.2, -0.15) is 0 Å². The van der Waals surface area contributed by atoms with Crippen LogP contribution in [0.5, 0.6) is 0 Å². The van der Waals surface area contributed by atoms with Gasteiger partial charge in [0.25, 0.3) is 0 Å². The lowest BCUT2D eigenvalue weighted by molar-refractivity contribution is 0.0306. The van der Waals surface area contributed by atoms with Gasteiger partial charge in [-0.25, -0.2) is 23.5 Å². The largest absolute Gasteiger partial charge is 0.444 e. The summed E-state index contributed by atoms with van der Waals surface area (Å²) in [5, 5.41) is 17.7. The standard InChI is InChI=1S/C15H19FN2O3.C6H5ClFNO/c1-15(2,3)21-14(20)18-7-6-10(8-18)12-5-4-11(16)13(9-19)17-12;7-6-2-1-4(8)5(3-10)9-6/h4-6,19H,7-9H2,1-3H3;1-2,10H,3H2. The van der Waals surface area contributed by atoms with Crippen LogP contribution in [0.1, 0.15) is 37.9 Å². The van der Waals surface area contributed by atoms with Crippen molar-refractivity contribution in [1.82, 2.24) is 14.9 Å². The van der Waals surface area contributed by atoms with Crippen LogP contribution < -0.4 is 0 Å². The Morgan fingerprint density at radius 3 is 2.23 bits per heavy atom. The van der Waals surface area contributed by atoms with E-state index >= 15 is 0 Å². The lowest BCUT2D eigenvalue weighted by atomic mass is 10.1. The van der Waals surface area contributed by atoms with Gasteiger partial charge < -0.3 is 19.8 Å². The number of nitrogens with zero attached hydrogens (tertiary/aromatic N) is 3. The Hall–Kier alpha value is -2.62. The van der Waals surface area contributed by atoms with Crippen molar-refractivity contribution in [2.75, 3.05) is 13.1 Å². The van der Waals surface area contributed by atoms with E-state index in [2.05, 4.69) is 9.97 Å². The quantitative estimate of drug-likeness (QED) is 0.685. The first-order valence-electron chi connectivity index (χ1n) is 9.39. The fourth-order valence-corrected chi connectivity index (χ4v) is 2.71. The summed E-state index contributed by atoms with van der Waals surface area (Å²) in [5.74, 6) is -1.07. The van der Waals surface area contributed by atoms with E-state index in [0.29, 0.717) is 18.8 Å². The van der Waals surface area contributed by atoms with E-state index < -0.39 is 36.5 Å². The average Bonchev–Trinajstić information content (AvgIpc) is 3.20. The lowest BCUT2D eigenvalue weighted by Crippen LogP contribution is -2.35. The number of carbonyl (C=O) groups is 1. The normalized spacial score (nSPS) is 13.4. The molecule has 10 heteroatoms. The molecule has 0 spiro atoms. The summed E-state index contributed by atoms with van der Waals surface area (Å²) >= 11 is 5.41. The van der Waals surface area contributed by atoms with Crippen LogP contribution in [0.15, 0.2) is 30.3 Å². The Morgan fingerprint density at radius 2 is 1.68 bits per heavy atom. The summed E-state index contributed by atoms with van der Waals surface area (Å²) < 4.78 is 31.1. The van der Waals surface area contributed by atoms with Crippen LogP contribution in [0.25, 0.3) is 5.57 Å². The summed E-state index contributed by atoms with van der Waals surface area (Å²) in [4.78, 5) is 21.1. The number of halogens is 3. The molecule has 0 bridgehead atoms. The first-order chi connectivity index (χ1) is 14.5. The van der Waals surface area contributed by atoms with Gasteiger partial charge in [0.2, 0.25) is 0 Å². The molecule has 1 aliphatic heterocycles. The summed E-state index contributed by atoms with van der Waals surface area (Å²) in [7, 11) is 0. The molecule has 2 N–H and O–H groups in total. The number of carbonyl (C=O) groups excluding carboxylic acids is 1. The van der Waals surface area contributed by atoms with Gasteiger partial charge in [0.1, 0.15) is 33.8 Å². The number of pyridine rings is 2. The van der Waals surface area contributed by atoms with Crippen molar-refractivity contribution >= 4 is 23.3 Å². The smallest absolute Gasteiger partial charge is 0.410 e. The molecule has 7 nitrogen and oxygen atoms in total. The number of aromatic nitrogens is 2. The molecule has 0 fully saturated rings. The van der Waals surface area contributed by atoms with E-state index in [0.717, 1.165) is 5.57 Å². The Morgan fingerprint density at radius 1 is 1.10 bits per heavy atom. The van der Waals surface area contributed by atoms with Crippen LogP contribution >= 0.6 is 11.6 Å². The summed E-state index contributed by atoms with van der Waals surface area (Å²) in [5.41, 5.74) is 0.816. The van der Waals surface area contributed by atoms with Crippen LogP contribution in [0.3, 0.4) is 0 Å². The second-order valence-corrected chi connectivity index (χ2v) is 7.98. The highest BCUT2D eigenvalue weighted by molar-refractivity contribution is 6.29. The predicted molar refractivity (Wildman–Crippen MR) is 111 cm³/mol. The Labute approximate surface area is 184 Å².